The maximum Gasteiger partial charge on any atom is 0.269 e. The maximum atomic E-state index is 12.7. The van der Waals surface area contributed by atoms with Gasteiger partial charge in [-0.3, -0.25) is 9.89 Å². The van der Waals surface area contributed by atoms with Crippen LogP contribution in [-0.2, 0) is 10.0 Å². The highest BCUT2D eigenvalue weighted by molar-refractivity contribution is 7.89. The van der Waals surface area contributed by atoms with Crippen LogP contribution in [0.3, 0.4) is 0 Å². The number of benzene rings is 1. The summed E-state index contributed by atoms with van der Waals surface area (Å²) in [4.78, 5) is 12.7. The van der Waals surface area contributed by atoms with Gasteiger partial charge < -0.3 is 10.1 Å². The zero-order chi connectivity index (χ0) is 21.9. The second-order valence-electron chi connectivity index (χ2n) is 7.88. The normalized spacial score (nSPS) is 21.9. The number of amides is 1. The SMILES string of the molecule is CCNS(=O)(=O)c1cc(-c2cc(C(=O)N[C@@H]3CCC[C@H](C)[C@H]3C)[nH]n2)ccc1OC. The predicted molar refractivity (Wildman–Crippen MR) is 115 cm³/mol. The van der Waals surface area contributed by atoms with Gasteiger partial charge in [-0.1, -0.05) is 33.6 Å². The van der Waals surface area contributed by atoms with Gasteiger partial charge in [0.1, 0.15) is 16.3 Å². The number of rotatable bonds is 7. The lowest BCUT2D eigenvalue weighted by Gasteiger charge is -2.34. The van der Waals surface area contributed by atoms with Crippen LogP contribution in [0.25, 0.3) is 11.3 Å². The summed E-state index contributed by atoms with van der Waals surface area (Å²) in [6.07, 6.45) is 3.28. The largest absolute Gasteiger partial charge is 0.495 e. The Kier molecular flexibility index (Phi) is 6.82. The van der Waals surface area contributed by atoms with Crippen molar-refractivity contribution < 1.29 is 17.9 Å². The van der Waals surface area contributed by atoms with Gasteiger partial charge in [-0.25, -0.2) is 13.1 Å². The average Bonchev–Trinajstić information content (AvgIpc) is 3.21. The highest BCUT2D eigenvalue weighted by atomic mass is 32.2. The van der Waals surface area contributed by atoms with Gasteiger partial charge >= 0.3 is 0 Å². The highest BCUT2D eigenvalue weighted by Gasteiger charge is 2.29. The molecule has 1 aliphatic rings. The zero-order valence-corrected chi connectivity index (χ0v) is 18.7. The minimum absolute atomic E-state index is 0.0309. The summed E-state index contributed by atoms with van der Waals surface area (Å²) in [7, 11) is -2.30. The van der Waals surface area contributed by atoms with E-state index < -0.39 is 10.0 Å². The van der Waals surface area contributed by atoms with Crippen LogP contribution in [0.4, 0.5) is 0 Å². The van der Waals surface area contributed by atoms with Crippen molar-refractivity contribution in [3.8, 4) is 17.0 Å². The van der Waals surface area contributed by atoms with Crippen LogP contribution in [0.15, 0.2) is 29.2 Å². The van der Waals surface area contributed by atoms with Crippen molar-refractivity contribution in [1.29, 1.82) is 0 Å². The molecule has 1 heterocycles. The smallest absolute Gasteiger partial charge is 0.269 e. The second-order valence-corrected chi connectivity index (χ2v) is 9.62. The molecule has 1 saturated carbocycles. The molecule has 3 N–H and O–H groups in total. The van der Waals surface area contributed by atoms with Gasteiger partial charge in [-0.2, -0.15) is 5.10 Å². The fourth-order valence-corrected chi connectivity index (χ4v) is 5.17. The number of ether oxygens (including phenoxy) is 1. The Labute approximate surface area is 177 Å². The van der Waals surface area contributed by atoms with Crippen LogP contribution in [-0.4, -0.2) is 44.2 Å². The van der Waals surface area contributed by atoms with Crippen LogP contribution >= 0.6 is 0 Å². The number of hydrogen-bond acceptors (Lipinski definition) is 5. The average molecular weight is 435 g/mol. The third kappa shape index (κ3) is 4.67. The van der Waals surface area contributed by atoms with E-state index in [4.69, 9.17) is 4.74 Å². The number of nitrogens with one attached hydrogen (secondary N) is 3. The van der Waals surface area contributed by atoms with Gasteiger partial charge in [-0.15, -0.1) is 0 Å². The van der Waals surface area contributed by atoms with Crippen molar-refractivity contribution in [1.82, 2.24) is 20.2 Å². The van der Waals surface area contributed by atoms with E-state index in [1.807, 2.05) is 0 Å². The van der Waals surface area contributed by atoms with Crippen molar-refractivity contribution in [3.05, 3.63) is 30.0 Å². The second kappa shape index (κ2) is 9.18. The minimum Gasteiger partial charge on any atom is -0.495 e. The van der Waals surface area contributed by atoms with Crippen molar-refractivity contribution in [2.45, 2.75) is 51.0 Å². The molecule has 3 rings (SSSR count). The number of hydrogen-bond donors (Lipinski definition) is 3. The van der Waals surface area contributed by atoms with Crippen molar-refractivity contribution >= 4 is 15.9 Å². The Morgan fingerprint density at radius 1 is 1.27 bits per heavy atom. The molecule has 0 aliphatic heterocycles. The van der Waals surface area contributed by atoms with Gasteiger partial charge in [0.25, 0.3) is 5.91 Å². The quantitative estimate of drug-likeness (QED) is 0.620. The number of H-pyrrole nitrogens is 1. The summed E-state index contributed by atoms with van der Waals surface area (Å²) >= 11 is 0. The molecule has 1 fully saturated rings. The molecular weight excluding hydrogens is 404 g/mol. The third-order valence-electron chi connectivity index (χ3n) is 5.93. The van der Waals surface area contributed by atoms with Crippen LogP contribution in [0, 0.1) is 11.8 Å². The first-order chi connectivity index (χ1) is 14.3. The van der Waals surface area contributed by atoms with Crippen LogP contribution < -0.4 is 14.8 Å². The predicted octanol–water partition coefficient (Wildman–Crippen LogP) is 2.94. The molecule has 30 heavy (non-hydrogen) atoms. The van der Waals surface area contributed by atoms with Crippen molar-refractivity contribution in [2.24, 2.45) is 11.8 Å². The molecule has 0 bridgehead atoms. The number of aromatic amines is 1. The molecule has 3 atom stereocenters. The summed E-state index contributed by atoms with van der Waals surface area (Å²) in [6, 6.07) is 6.58. The molecule has 0 radical (unpaired) electrons. The number of carbonyl (C=O) groups excluding carboxylic acids is 1. The van der Waals surface area contributed by atoms with E-state index in [1.165, 1.54) is 19.6 Å². The van der Waals surface area contributed by atoms with E-state index in [0.29, 0.717) is 28.8 Å². The number of nitrogens with zero attached hydrogens (tertiary/aromatic N) is 1. The maximum absolute atomic E-state index is 12.7. The Hall–Kier alpha value is -2.39. The summed E-state index contributed by atoms with van der Waals surface area (Å²) in [5.74, 6) is 1.05. The zero-order valence-electron chi connectivity index (χ0n) is 17.9. The molecule has 0 saturated heterocycles. The third-order valence-corrected chi connectivity index (χ3v) is 7.50. The summed E-state index contributed by atoms with van der Waals surface area (Å²) in [6.45, 7) is 6.37. The molecule has 9 heteroatoms. The lowest BCUT2D eigenvalue weighted by molar-refractivity contribution is 0.0886. The number of carbonyl (C=O) groups is 1. The van der Waals surface area contributed by atoms with Gasteiger partial charge in [0.15, 0.2) is 0 Å². The van der Waals surface area contributed by atoms with Crippen molar-refractivity contribution in [3.63, 3.8) is 0 Å². The molecular formula is C21H30N4O4S. The standard InChI is InChI=1S/C21H30N4O4S/c1-5-22-30(27,28)20-11-15(9-10-19(20)29-4)17-12-18(25-24-17)21(26)23-16-8-6-7-13(2)14(16)3/h9-14,16,22H,5-8H2,1-4H3,(H,23,26)(H,24,25)/t13-,14+,16+/m0/s1. The number of sulfonamides is 1. The van der Waals surface area contributed by atoms with E-state index >= 15 is 0 Å². The van der Waals surface area contributed by atoms with E-state index in [1.54, 1.807) is 25.1 Å². The molecule has 1 aromatic heterocycles. The Bertz CT molecular complexity index is 1000. The van der Waals surface area contributed by atoms with E-state index in [0.717, 1.165) is 12.8 Å². The molecule has 1 aromatic carbocycles. The molecule has 1 amide bonds. The molecule has 164 valence electrons. The molecule has 0 spiro atoms. The fourth-order valence-electron chi connectivity index (χ4n) is 3.93. The lowest BCUT2D eigenvalue weighted by Crippen LogP contribution is -2.43. The topological polar surface area (TPSA) is 113 Å². The first kappa shape index (κ1) is 22.3. The van der Waals surface area contributed by atoms with Gasteiger partial charge in [-0.05, 0) is 42.5 Å². The fraction of sp³-hybridized carbons (Fsp3) is 0.524. The Morgan fingerprint density at radius 3 is 2.73 bits per heavy atom. The first-order valence-electron chi connectivity index (χ1n) is 10.3. The summed E-state index contributed by atoms with van der Waals surface area (Å²) in [5, 5.41) is 10.1. The van der Waals surface area contributed by atoms with Gasteiger partial charge in [0, 0.05) is 18.2 Å². The molecule has 0 unspecified atom stereocenters. The monoisotopic (exact) mass is 434 g/mol. The Balaban J connectivity index is 1.83. The van der Waals surface area contributed by atoms with Gasteiger partial charge in [0.05, 0.1) is 12.8 Å². The first-order valence-corrected chi connectivity index (χ1v) is 11.8. The molecule has 1 aliphatic carbocycles. The van der Waals surface area contributed by atoms with E-state index in [2.05, 4.69) is 34.1 Å². The molecule has 2 aromatic rings. The molecule has 8 nitrogen and oxygen atoms in total. The number of methoxy groups -OCH3 is 1. The Morgan fingerprint density at radius 2 is 2.03 bits per heavy atom. The van der Waals surface area contributed by atoms with Crippen molar-refractivity contribution in [2.75, 3.05) is 13.7 Å². The van der Waals surface area contributed by atoms with Gasteiger partial charge in [0.2, 0.25) is 10.0 Å². The number of aromatic nitrogens is 2. The van der Waals surface area contributed by atoms with Crippen LogP contribution in [0.1, 0.15) is 50.5 Å². The summed E-state index contributed by atoms with van der Waals surface area (Å²) in [5.41, 5.74) is 1.41. The van der Waals surface area contributed by atoms with E-state index in [9.17, 15) is 13.2 Å². The lowest BCUT2D eigenvalue weighted by atomic mass is 9.78. The van der Waals surface area contributed by atoms with E-state index in [-0.39, 0.29) is 29.1 Å². The van der Waals surface area contributed by atoms with Crippen LogP contribution in [0.5, 0.6) is 5.75 Å². The highest BCUT2D eigenvalue weighted by Crippen LogP contribution is 2.31. The summed E-state index contributed by atoms with van der Waals surface area (Å²) < 4.78 is 32.7. The van der Waals surface area contributed by atoms with Crippen LogP contribution in [0.2, 0.25) is 0 Å². The minimum atomic E-state index is -3.72.